The number of nitrogens with one attached hydrogen (secondary N) is 1. The highest BCUT2D eigenvalue weighted by molar-refractivity contribution is 6.30. The number of hydrogen-bond donors (Lipinski definition) is 3. The first-order chi connectivity index (χ1) is 16.5. The average molecular weight is 501 g/mol. The highest BCUT2D eigenvalue weighted by Gasteiger charge is 2.15. The van der Waals surface area contributed by atoms with Crippen molar-refractivity contribution in [2.24, 2.45) is 16.5 Å². The number of halogens is 2. The van der Waals surface area contributed by atoms with E-state index >= 15 is 0 Å². The maximum absolute atomic E-state index is 6.13. The SMILES string of the molecule is Cc1c(CNCCCCCCCCN=C(N)N)cc(-c2ccc(Cl)cc2)n1-c1ccc(Cl)cc1. The number of hydrogen-bond acceptors (Lipinski definition) is 2. The summed E-state index contributed by atoms with van der Waals surface area (Å²) in [5, 5.41) is 5.10. The van der Waals surface area contributed by atoms with Gasteiger partial charge in [0.2, 0.25) is 0 Å². The van der Waals surface area contributed by atoms with Crippen molar-refractivity contribution in [3.63, 3.8) is 0 Å². The maximum Gasteiger partial charge on any atom is 0.185 e. The van der Waals surface area contributed by atoms with E-state index in [0.717, 1.165) is 53.0 Å². The van der Waals surface area contributed by atoms with Crippen LogP contribution in [0.4, 0.5) is 0 Å². The van der Waals surface area contributed by atoms with E-state index in [1.807, 2.05) is 24.3 Å². The van der Waals surface area contributed by atoms with Crippen LogP contribution in [0.2, 0.25) is 10.0 Å². The minimum Gasteiger partial charge on any atom is -0.370 e. The molecule has 1 heterocycles. The Morgan fingerprint density at radius 2 is 1.44 bits per heavy atom. The van der Waals surface area contributed by atoms with Crippen LogP contribution in [0.3, 0.4) is 0 Å². The number of guanidine groups is 1. The first-order valence-electron chi connectivity index (χ1n) is 11.9. The molecule has 0 aliphatic rings. The first kappa shape index (κ1) is 26.1. The van der Waals surface area contributed by atoms with Crippen LogP contribution in [0.15, 0.2) is 59.6 Å². The van der Waals surface area contributed by atoms with Gasteiger partial charge in [0.05, 0.1) is 5.69 Å². The van der Waals surface area contributed by atoms with Gasteiger partial charge in [-0.2, -0.15) is 0 Å². The van der Waals surface area contributed by atoms with Crippen molar-refractivity contribution < 1.29 is 0 Å². The molecule has 0 atom stereocenters. The Hall–Kier alpha value is -2.47. The van der Waals surface area contributed by atoms with Gasteiger partial charge in [0, 0.05) is 34.5 Å². The summed E-state index contributed by atoms with van der Waals surface area (Å²) < 4.78 is 2.29. The Labute approximate surface area is 213 Å². The standard InChI is InChI=1S/C27H35Cl2N5/c1-20-22(19-32-16-6-4-2-3-5-7-17-33-27(30)31)18-26(21-8-10-23(28)11-9-21)34(20)25-14-12-24(29)13-15-25/h8-15,18,32H,2-7,16-17,19H2,1H3,(H4,30,31,33). The third-order valence-corrected chi connectivity index (χ3v) is 6.45. The monoisotopic (exact) mass is 499 g/mol. The van der Waals surface area contributed by atoms with Crippen molar-refractivity contribution in [3.05, 3.63) is 75.9 Å². The molecule has 3 rings (SSSR count). The molecule has 0 spiro atoms. The molecule has 0 fully saturated rings. The van der Waals surface area contributed by atoms with Crippen LogP contribution in [0, 0.1) is 6.92 Å². The maximum atomic E-state index is 6.13. The Morgan fingerprint density at radius 1 is 0.853 bits per heavy atom. The molecule has 0 bridgehead atoms. The van der Waals surface area contributed by atoms with Crippen molar-refractivity contribution >= 4 is 29.2 Å². The van der Waals surface area contributed by atoms with Gasteiger partial charge >= 0.3 is 0 Å². The molecule has 0 radical (unpaired) electrons. The lowest BCUT2D eigenvalue weighted by molar-refractivity contribution is 0.566. The third-order valence-electron chi connectivity index (χ3n) is 5.95. The summed E-state index contributed by atoms with van der Waals surface area (Å²) in [6.07, 6.45) is 7.11. The van der Waals surface area contributed by atoms with Crippen LogP contribution in [0.5, 0.6) is 0 Å². The van der Waals surface area contributed by atoms with Crippen molar-refractivity contribution in [1.82, 2.24) is 9.88 Å². The third kappa shape index (κ3) is 7.79. The van der Waals surface area contributed by atoms with Gasteiger partial charge in [0.25, 0.3) is 0 Å². The zero-order valence-corrected chi connectivity index (χ0v) is 21.4. The number of aliphatic imine (C=N–C) groups is 1. The molecule has 0 saturated heterocycles. The van der Waals surface area contributed by atoms with E-state index in [4.69, 9.17) is 34.7 Å². The topological polar surface area (TPSA) is 81.4 Å². The van der Waals surface area contributed by atoms with Gasteiger partial charge < -0.3 is 21.4 Å². The Bertz CT molecular complexity index is 1050. The Morgan fingerprint density at radius 3 is 2.09 bits per heavy atom. The molecular formula is C27H35Cl2N5. The van der Waals surface area contributed by atoms with Gasteiger partial charge in [-0.05, 0) is 79.9 Å². The van der Waals surface area contributed by atoms with Crippen LogP contribution in [0.25, 0.3) is 16.9 Å². The van der Waals surface area contributed by atoms with E-state index in [1.165, 1.54) is 43.4 Å². The van der Waals surface area contributed by atoms with Crippen molar-refractivity contribution in [2.45, 2.75) is 52.0 Å². The summed E-state index contributed by atoms with van der Waals surface area (Å²) in [5.41, 5.74) is 16.6. The van der Waals surface area contributed by atoms with E-state index < -0.39 is 0 Å². The average Bonchev–Trinajstić information content (AvgIpc) is 3.14. The molecule has 1 aromatic heterocycles. The molecule has 182 valence electrons. The number of aromatic nitrogens is 1. The number of nitrogens with two attached hydrogens (primary N) is 2. The van der Waals surface area contributed by atoms with E-state index in [-0.39, 0.29) is 5.96 Å². The van der Waals surface area contributed by atoms with Gasteiger partial charge in [-0.3, -0.25) is 4.99 Å². The van der Waals surface area contributed by atoms with Gasteiger partial charge in [-0.25, -0.2) is 0 Å². The van der Waals surface area contributed by atoms with Gasteiger partial charge in [0.15, 0.2) is 5.96 Å². The lowest BCUT2D eigenvalue weighted by Gasteiger charge is -2.13. The number of rotatable bonds is 13. The predicted octanol–water partition coefficient (Wildman–Crippen LogP) is 6.46. The summed E-state index contributed by atoms with van der Waals surface area (Å²) in [4.78, 5) is 4.02. The lowest BCUT2D eigenvalue weighted by Crippen LogP contribution is -2.22. The molecular weight excluding hydrogens is 465 g/mol. The largest absolute Gasteiger partial charge is 0.370 e. The predicted molar refractivity (Wildman–Crippen MR) is 146 cm³/mol. The summed E-state index contributed by atoms with van der Waals surface area (Å²) in [5.74, 6) is 0.185. The summed E-state index contributed by atoms with van der Waals surface area (Å²) in [6, 6.07) is 18.3. The van der Waals surface area contributed by atoms with Gasteiger partial charge in [-0.15, -0.1) is 0 Å². The van der Waals surface area contributed by atoms with E-state index in [2.05, 4.69) is 52.1 Å². The highest BCUT2D eigenvalue weighted by atomic mass is 35.5. The van der Waals surface area contributed by atoms with Crippen LogP contribution in [0.1, 0.15) is 49.8 Å². The lowest BCUT2D eigenvalue weighted by atomic mass is 10.1. The quantitative estimate of drug-likeness (QED) is 0.143. The Kier molecular flexibility index (Phi) is 10.3. The molecule has 0 aliphatic heterocycles. The van der Waals surface area contributed by atoms with E-state index in [0.29, 0.717) is 0 Å². The fourth-order valence-corrected chi connectivity index (χ4v) is 4.35. The molecule has 3 aromatic rings. The number of benzene rings is 2. The van der Waals surface area contributed by atoms with Crippen LogP contribution < -0.4 is 16.8 Å². The van der Waals surface area contributed by atoms with Crippen molar-refractivity contribution in [3.8, 4) is 16.9 Å². The summed E-state index contributed by atoms with van der Waals surface area (Å²) >= 11 is 12.3. The van der Waals surface area contributed by atoms with Gasteiger partial charge in [-0.1, -0.05) is 61.0 Å². The van der Waals surface area contributed by atoms with Crippen molar-refractivity contribution in [2.75, 3.05) is 13.1 Å². The van der Waals surface area contributed by atoms with Gasteiger partial charge in [0.1, 0.15) is 0 Å². The molecule has 5 nitrogen and oxygen atoms in total. The van der Waals surface area contributed by atoms with E-state index in [9.17, 15) is 0 Å². The first-order valence-corrected chi connectivity index (χ1v) is 12.7. The molecule has 34 heavy (non-hydrogen) atoms. The summed E-state index contributed by atoms with van der Waals surface area (Å²) in [7, 11) is 0. The van der Waals surface area contributed by atoms with Crippen molar-refractivity contribution in [1.29, 1.82) is 0 Å². The fourth-order valence-electron chi connectivity index (χ4n) is 4.09. The second-order valence-corrected chi connectivity index (χ2v) is 9.44. The molecule has 7 heteroatoms. The Balaban J connectivity index is 1.55. The number of unbranched alkanes of at least 4 members (excludes halogenated alkanes) is 5. The molecule has 0 amide bonds. The van der Waals surface area contributed by atoms with Crippen LogP contribution >= 0.6 is 23.2 Å². The minimum absolute atomic E-state index is 0.185. The number of nitrogens with zero attached hydrogens (tertiary/aromatic N) is 2. The molecule has 0 aliphatic carbocycles. The fraction of sp³-hybridized carbons (Fsp3) is 0.370. The minimum atomic E-state index is 0.185. The molecule has 0 unspecified atom stereocenters. The van der Waals surface area contributed by atoms with Crippen LogP contribution in [-0.2, 0) is 6.54 Å². The zero-order chi connectivity index (χ0) is 24.3. The van der Waals surface area contributed by atoms with E-state index in [1.54, 1.807) is 0 Å². The van der Waals surface area contributed by atoms with Crippen LogP contribution in [-0.4, -0.2) is 23.6 Å². The zero-order valence-electron chi connectivity index (χ0n) is 19.9. The molecule has 0 saturated carbocycles. The second kappa shape index (κ2) is 13.4. The smallest absolute Gasteiger partial charge is 0.185 e. The highest BCUT2D eigenvalue weighted by Crippen LogP contribution is 2.31. The molecule has 5 N–H and O–H groups in total. The normalized spacial score (nSPS) is 11.0. The second-order valence-electron chi connectivity index (χ2n) is 8.56. The molecule has 2 aromatic carbocycles. The summed E-state index contributed by atoms with van der Waals surface area (Å²) in [6.45, 7) is 4.76.